The number of fused-ring (bicyclic) bond motifs is 1. The lowest BCUT2D eigenvalue weighted by Crippen LogP contribution is -2.44. The predicted molar refractivity (Wildman–Crippen MR) is 127 cm³/mol. The van der Waals surface area contributed by atoms with Crippen LogP contribution in [-0.2, 0) is 16.2 Å². The van der Waals surface area contributed by atoms with E-state index in [1.54, 1.807) is 11.1 Å². The number of rotatable bonds is 5. The van der Waals surface area contributed by atoms with E-state index in [1.165, 1.54) is 32.6 Å². The molecule has 2 saturated heterocycles. The Morgan fingerprint density at radius 1 is 1.17 bits per heavy atom. The van der Waals surface area contributed by atoms with E-state index in [0.717, 1.165) is 6.07 Å². The molecule has 2 aliphatic heterocycles. The Hall–Kier alpha value is -2.49. The van der Waals surface area contributed by atoms with Crippen molar-refractivity contribution in [2.75, 3.05) is 55.7 Å². The molecule has 5 rings (SSSR count). The summed E-state index contributed by atoms with van der Waals surface area (Å²) in [5.41, 5.74) is -0.137. The molecular formula is C20H25F3N8O2S2. The molecule has 0 aliphatic carbocycles. The lowest BCUT2D eigenvalue weighted by atomic mass is 10.1. The molecule has 3 aromatic heterocycles. The van der Waals surface area contributed by atoms with Crippen LogP contribution in [0.1, 0.15) is 18.4 Å². The van der Waals surface area contributed by atoms with E-state index in [4.69, 9.17) is 0 Å². The fourth-order valence-corrected chi connectivity index (χ4v) is 6.07. The number of hydrogen-bond donors (Lipinski definition) is 2. The highest BCUT2D eigenvalue weighted by Gasteiger charge is 2.37. The average molecular weight is 531 g/mol. The van der Waals surface area contributed by atoms with E-state index in [0.29, 0.717) is 67.9 Å². The second-order valence-electron chi connectivity index (χ2n) is 8.67. The van der Waals surface area contributed by atoms with Gasteiger partial charge < -0.3 is 15.5 Å². The molecule has 0 radical (unpaired) electrons. The summed E-state index contributed by atoms with van der Waals surface area (Å²) in [5.74, 6) is -0.0599. The molecule has 0 bridgehead atoms. The predicted octanol–water partition coefficient (Wildman–Crippen LogP) is 2.12. The van der Waals surface area contributed by atoms with Gasteiger partial charge in [0.05, 0.1) is 23.7 Å². The smallest absolute Gasteiger partial charge is 0.357 e. The monoisotopic (exact) mass is 530 g/mol. The van der Waals surface area contributed by atoms with Crippen LogP contribution < -0.4 is 15.5 Å². The minimum absolute atomic E-state index is 0.0599. The number of piperidine rings is 1. The first kappa shape index (κ1) is 24.2. The number of nitrogens with one attached hydrogen (secondary N) is 2. The SMILES string of the molecule is CS(=O)(=O)N1CCC(Nc2nn3cc(-c4cnc(N5CCNCC5)c(C(F)(F)F)c4)nc3s2)CC1. The van der Waals surface area contributed by atoms with Gasteiger partial charge in [-0.2, -0.15) is 13.2 Å². The number of piperazine rings is 1. The highest BCUT2D eigenvalue weighted by atomic mass is 32.2. The number of anilines is 2. The highest BCUT2D eigenvalue weighted by molar-refractivity contribution is 7.88. The average Bonchev–Trinajstić information content (AvgIpc) is 3.37. The second-order valence-corrected chi connectivity index (χ2v) is 11.6. The Labute approximate surface area is 204 Å². The first-order chi connectivity index (χ1) is 16.6. The first-order valence-corrected chi connectivity index (χ1v) is 13.9. The van der Waals surface area contributed by atoms with Gasteiger partial charge in [0.2, 0.25) is 20.1 Å². The molecule has 5 heterocycles. The van der Waals surface area contributed by atoms with Crippen molar-refractivity contribution in [2.24, 2.45) is 0 Å². The summed E-state index contributed by atoms with van der Waals surface area (Å²) in [6.45, 7) is 3.03. The van der Waals surface area contributed by atoms with E-state index in [9.17, 15) is 21.6 Å². The van der Waals surface area contributed by atoms with E-state index < -0.39 is 21.8 Å². The zero-order valence-corrected chi connectivity index (χ0v) is 20.5. The van der Waals surface area contributed by atoms with Gasteiger partial charge in [-0.15, -0.1) is 5.10 Å². The van der Waals surface area contributed by atoms with Crippen LogP contribution in [-0.4, -0.2) is 83.9 Å². The van der Waals surface area contributed by atoms with Crippen molar-refractivity contribution in [2.45, 2.75) is 25.1 Å². The Morgan fingerprint density at radius 2 is 1.89 bits per heavy atom. The molecule has 0 unspecified atom stereocenters. The van der Waals surface area contributed by atoms with Crippen molar-refractivity contribution < 1.29 is 21.6 Å². The molecule has 0 spiro atoms. The number of hydrogen-bond acceptors (Lipinski definition) is 9. The maximum atomic E-state index is 13.8. The summed E-state index contributed by atoms with van der Waals surface area (Å²) < 4.78 is 67.9. The van der Waals surface area contributed by atoms with Crippen molar-refractivity contribution in [1.82, 2.24) is 29.2 Å². The summed E-state index contributed by atoms with van der Waals surface area (Å²) >= 11 is 1.29. The Balaban J connectivity index is 1.33. The molecule has 0 saturated carbocycles. The topological polar surface area (TPSA) is 108 Å². The fourth-order valence-electron chi connectivity index (χ4n) is 4.34. The van der Waals surface area contributed by atoms with Gasteiger partial charge in [0.15, 0.2) is 0 Å². The third kappa shape index (κ3) is 5.22. The first-order valence-electron chi connectivity index (χ1n) is 11.2. The minimum atomic E-state index is -4.54. The van der Waals surface area contributed by atoms with Crippen LogP contribution in [0.15, 0.2) is 18.5 Å². The molecule has 2 aliphatic rings. The number of nitrogens with zero attached hydrogens (tertiary/aromatic N) is 6. The number of alkyl halides is 3. The van der Waals surface area contributed by atoms with Crippen molar-refractivity contribution >= 4 is 37.3 Å². The molecule has 15 heteroatoms. The van der Waals surface area contributed by atoms with Crippen molar-refractivity contribution in [3.8, 4) is 11.3 Å². The standard InChI is InChI=1S/C20H25F3N8O2S2/c1-35(32,33)30-6-2-14(3-7-30)26-18-28-31-12-16(27-19(31)34-18)13-10-15(20(21,22)23)17(25-11-13)29-8-4-24-5-9-29/h10-12,14,24H,2-9H2,1H3,(H,26,28). The van der Waals surface area contributed by atoms with Crippen LogP contribution in [0, 0.1) is 0 Å². The lowest BCUT2D eigenvalue weighted by Gasteiger charge is -2.30. The molecule has 10 nitrogen and oxygen atoms in total. The van der Waals surface area contributed by atoms with E-state index in [-0.39, 0.29) is 17.4 Å². The van der Waals surface area contributed by atoms with Gasteiger partial charge in [-0.1, -0.05) is 11.3 Å². The van der Waals surface area contributed by atoms with Gasteiger partial charge in [-0.25, -0.2) is 27.2 Å². The third-order valence-corrected chi connectivity index (χ3v) is 8.34. The molecule has 0 atom stereocenters. The Bertz CT molecular complexity index is 1280. The van der Waals surface area contributed by atoms with Crippen molar-refractivity contribution in [1.29, 1.82) is 0 Å². The van der Waals surface area contributed by atoms with Crippen molar-refractivity contribution in [3.63, 3.8) is 0 Å². The highest BCUT2D eigenvalue weighted by Crippen LogP contribution is 2.38. The molecule has 2 N–H and O–H groups in total. The number of sulfonamides is 1. The van der Waals surface area contributed by atoms with Crippen LogP contribution in [0.3, 0.4) is 0 Å². The van der Waals surface area contributed by atoms with Gasteiger partial charge >= 0.3 is 6.18 Å². The third-order valence-electron chi connectivity index (χ3n) is 6.18. The summed E-state index contributed by atoms with van der Waals surface area (Å²) in [5, 5.41) is 11.5. The summed E-state index contributed by atoms with van der Waals surface area (Å²) in [6, 6.07) is 1.19. The van der Waals surface area contributed by atoms with E-state index in [1.807, 2.05) is 0 Å². The number of halogens is 3. The minimum Gasteiger partial charge on any atom is -0.357 e. The van der Waals surface area contributed by atoms with Gasteiger partial charge in [0.25, 0.3) is 0 Å². The van der Waals surface area contributed by atoms with Crippen LogP contribution in [0.5, 0.6) is 0 Å². The zero-order valence-electron chi connectivity index (χ0n) is 18.9. The van der Waals surface area contributed by atoms with Crippen LogP contribution in [0.4, 0.5) is 24.1 Å². The number of pyridine rings is 1. The molecule has 0 amide bonds. The van der Waals surface area contributed by atoms with Gasteiger partial charge in [0, 0.05) is 57.1 Å². The molecule has 2 fully saturated rings. The van der Waals surface area contributed by atoms with Gasteiger partial charge in [-0.3, -0.25) is 0 Å². The quantitative estimate of drug-likeness (QED) is 0.517. The molecule has 35 heavy (non-hydrogen) atoms. The fraction of sp³-hybridized carbons (Fsp3) is 0.550. The van der Waals surface area contributed by atoms with Crippen molar-refractivity contribution in [3.05, 3.63) is 24.0 Å². The lowest BCUT2D eigenvalue weighted by molar-refractivity contribution is -0.137. The van der Waals surface area contributed by atoms with E-state index >= 15 is 0 Å². The summed E-state index contributed by atoms with van der Waals surface area (Å²) in [7, 11) is -3.19. The Morgan fingerprint density at radius 3 is 2.51 bits per heavy atom. The maximum Gasteiger partial charge on any atom is 0.419 e. The molecule has 190 valence electrons. The van der Waals surface area contributed by atoms with Crippen LogP contribution in [0.25, 0.3) is 16.2 Å². The molecular weight excluding hydrogens is 505 g/mol. The molecule has 0 aromatic carbocycles. The van der Waals surface area contributed by atoms with Crippen LogP contribution >= 0.6 is 11.3 Å². The maximum absolute atomic E-state index is 13.8. The number of imidazole rings is 1. The Kier molecular flexibility index (Phi) is 6.35. The van der Waals surface area contributed by atoms with Gasteiger partial charge in [0.1, 0.15) is 5.82 Å². The van der Waals surface area contributed by atoms with E-state index in [2.05, 4.69) is 25.7 Å². The van der Waals surface area contributed by atoms with Crippen LogP contribution in [0.2, 0.25) is 0 Å². The summed E-state index contributed by atoms with van der Waals surface area (Å²) in [4.78, 5) is 10.8. The largest absolute Gasteiger partial charge is 0.419 e. The second kappa shape index (κ2) is 9.19. The zero-order chi connectivity index (χ0) is 24.8. The molecule has 3 aromatic rings. The summed E-state index contributed by atoms with van der Waals surface area (Å²) in [6.07, 6.45) is 0.998. The normalized spacial score (nSPS) is 18.9. The van der Waals surface area contributed by atoms with Gasteiger partial charge in [-0.05, 0) is 18.9 Å². The number of aromatic nitrogens is 4.